The van der Waals surface area contributed by atoms with Gasteiger partial charge in [-0.05, 0) is 18.1 Å². The fourth-order valence-electron chi connectivity index (χ4n) is 1.79. The van der Waals surface area contributed by atoms with E-state index >= 15 is 0 Å². The first-order valence-corrected chi connectivity index (χ1v) is 6.50. The third kappa shape index (κ3) is 3.77. The van der Waals surface area contributed by atoms with Gasteiger partial charge in [-0.3, -0.25) is 4.79 Å². The molecule has 0 spiro atoms. The minimum Gasteiger partial charge on any atom is -0.485 e. The quantitative estimate of drug-likeness (QED) is 0.880. The van der Waals surface area contributed by atoms with Crippen LogP contribution in [0.15, 0.2) is 22.7 Å². The van der Waals surface area contributed by atoms with Crippen molar-refractivity contribution < 1.29 is 18.4 Å². The maximum atomic E-state index is 13.5. The summed E-state index contributed by atoms with van der Waals surface area (Å²) in [6.07, 6.45) is 0.666. The number of ether oxygens (including phenoxy) is 1. The lowest BCUT2D eigenvalue weighted by Gasteiger charge is -2.08. The first-order valence-electron chi connectivity index (χ1n) is 6.50. The third-order valence-corrected chi connectivity index (χ3v) is 2.67. The van der Waals surface area contributed by atoms with E-state index in [2.05, 4.69) is 10.1 Å². The third-order valence-electron chi connectivity index (χ3n) is 2.67. The van der Waals surface area contributed by atoms with Gasteiger partial charge in [-0.1, -0.05) is 25.1 Å². The largest absolute Gasteiger partial charge is 0.485 e. The molecule has 0 fully saturated rings. The molecule has 2 aromatic rings. The molecule has 2 rings (SSSR count). The number of aromatic nitrogens is 2. The lowest BCUT2D eigenvalue weighted by Crippen LogP contribution is -2.15. The molecule has 7 heteroatoms. The smallest absolute Gasteiger partial charge is 0.255 e. The van der Waals surface area contributed by atoms with Gasteiger partial charge >= 0.3 is 0 Å². The number of benzene rings is 1. The number of primary amides is 1. The molecule has 0 radical (unpaired) electrons. The number of halogens is 1. The van der Waals surface area contributed by atoms with Crippen LogP contribution in [0.4, 0.5) is 4.39 Å². The van der Waals surface area contributed by atoms with Gasteiger partial charge in [-0.25, -0.2) is 4.39 Å². The van der Waals surface area contributed by atoms with Gasteiger partial charge in [0.25, 0.3) is 5.91 Å². The highest BCUT2D eigenvalue weighted by molar-refractivity contribution is 5.95. The van der Waals surface area contributed by atoms with Crippen LogP contribution >= 0.6 is 0 Å². The fraction of sp³-hybridized carbons (Fsp3) is 0.357. The molecule has 0 unspecified atom stereocenters. The van der Waals surface area contributed by atoms with Crippen LogP contribution in [-0.4, -0.2) is 16.0 Å². The molecule has 0 bridgehead atoms. The van der Waals surface area contributed by atoms with Crippen molar-refractivity contribution in [2.24, 2.45) is 11.7 Å². The van der Waals surface area contributed by atoms with Crippen LogP contribution in [0, 0.1) is 11.7 Å². The second kappa shape index (κ2) is 6.34. The number of rotatable bonds is 6. The molecule has 0 aliphatic carbocycles. The number of amides is 1. The molecule has 0 atom stereocenters. The van der Waals surface area contributed by atoms with E-state index in [1.807, 2.05) is 13.8 Å². The van der Waals surface area contributed by atoms with Crippen LogP contribution < -0.4 is 10.5 Å². The molecule has 0 saturated heterocycles. The van der Waals surface area contributed by atoms with Crippen molar-refractivity contribution >= 4 is 5.91 Å². The lowest BCUT2D eigenvalue weighted by molar-refractivity contribution is 0.0991. The maximum absolute atomic E-state index is 13.5. The number of nitrogens with two attached hydrogens (primary N) is 1. The topological polar surface area (TPSA) is 91.2 Å². The van der Waals surface area contributed by atoms with Crippen LogP contribution in [0.1, 0.15) is 35.9 Å². The monoisotopic (exact) mass is 293 g/mol. The summed E-state index contributed by atoms with van der Waals surface area (Å²) in [6.45, 7) is 4.03. The Labute approximate surface area is 121 Å². The highest BCUT2D eigenvalue weighted by atomic mass is 19.1. The molecule has 1 heterocycles. The van der Waals surface area contributed by atoms with Crippen molar-refractivity contribution in [1.82, 2.24) is 10.1 Å². The molecule has 0 aliphatic heterocycles. The predicted molar refractivity (Wildman–Crippen MR) is 72.1 cm³/mol. The Hall–Kier alpha value is -2.44. The molecule has 1 aromatic carbocycles. The number of carbonyl (C=O) groups excluding carboxylic acids is 1. The van der Waals surface area contributed by atoms with Crippen molar-refractivity contribution in [1.29, 1.82) is 0 Å². The van der Waals surface area contributed by atoms with Gasteiger partial charge in [0.05, 0.1) is 0 Å². The Bertz CT molecular complexity index is 640. The van der Waals surface area contributed by atoms with Gasteiger partial charge < -0.3 is 15.0 Å². The molecule has 6 nitrogen and oxygen atoms in total. The Morgan fingerprint density at radius 2 is 2.24 bits per heavy atom. The summed E-state index contributed by atoms with van der Waals surface area (Å²) in [6, 6.07) is 4.03. The Morgan fingerprint density at radius 3 is 2.90 bits per heavy atom. The molecule has 2 N–H and O–H groups in total. The first-order chi connectivity index (χ1) is 9.97. The molecule has 0 saturated carbocycles. The molecule has 112 valence electrons. The second-order valence-corrected chi connectivity index (χ2v) is 4.97. The normalized spacial score (nSPS) is 10.9. The number of hydrogen-bond donors (Lipinski definition) is 1. The van der Waals surface area contributed by atoms with Crippen LogP contribution in [0.25, 0.3) is 0 Å². The van der Waals surface area contributed by atoms with Crippen molar-refractivity contribution in [2.45, 2.75) is 26.9 Å². The van der Waals surface area contributed by atoms with Gasteiger partial charge in [0.2, 0.25) is 11.7 Å². The summed E-state index contributed by atoms with van der Waals surface area (Å²) >= 11 is 0. The van der Waals surface area contributed by atoms with Gasteiger partial charge in [0, 0.05) is 6.42 Å². The van der Waals surface area contributed by atoms with E-state index in [1.54, 1.807) is 0 Å². The average Bonchev–Trinajstić information content (AvgIpc) is 2.82. The average molecular weight is 293 g/mol. The van der Waals surface area contributed by atoms with Gasteiger partial charge in [0.15, 0.2) is 6.61 Å². The van der Waals surface area contributed by atoms with E-state index in [4.69, 9.17) is 15.0 Å². The van der Waals surface area contributed by atoms with E-state index in [1.165, 1.54) is 12.1 Å². The van der Waals surface area contributed by atoms with Crippen LogP contribution in [0.2, 0.25) is 0 Å². The summed E-state index contributed by atoms with van der Waals surface area (Å²) in [5.74, 6) is -0.338. The van der Waals surface area contributed by atoms with Gasteiger partial charge in [-0.2, -0.15) is 4.98 Å². The number of carbonyl (C=O) groups is 1. The highest BCUT2D eigenvalue weighted by Gasteiger charge is 2.16. The zero-order chi connectivity index (χ0) is 15.4. The second-order valence-electron chi connectivity index (χ2n) is 4.97. The summed E-state index contributed by atoms with van der Waals surface area (Å²) < 4.78 is 24.0. The summed E-state index contributed by atoms with van der Waals surface area (Å²) in [7, 11) is 0. The van der Waals surface area contributed by atoms with Gasteiger partial charge in [0.1, 0.15) is 17.1 Å². The first kappa shape index (κ1) is 15.0. The summed E-state index contributed by atoms with van der Waals surface area (Å²) in [5.41, 5.74) is 4.85. The predicted octanol–water partition coefficient (Wildman–Crippen LogP) is 2.09. The van der Waals surface area contributed by atoms with Crippen molar-refractivity contribution in [3.63, 3.8) is 0 Å². The molecule has 21 heavy (non-hydrogen) atoms. The Morgan fingerprint density at radius 1 is 1.48 bits per heavy atom. The SMILES string of the molecule is CC(C)Cc1nc(COc2cccc(F)c2C(N)=O)no1. The van der Waals surface area contributed by atoms with E-state index in [-0.39, 0.29) is 17.9 Å². The molecular weight excluding hydrogens is 277 g/mol. The molecular formula is C14H16FN3O3. The minimum absolute atomic E-state index is 0.0364. The summed E-state index contributed by atoms with van der Waals surface area (Å²) in [5, 5.41) is 3.76. The molecule has 1 aromatic heterocycles. The van der Waals surface area contributed by atoms with Gasteiger partial charge in [-0.15, -0.1) is 0 Å². The number of hydrogen-bond acceptors (Lipinski definition) is 5. The molecule has 0 aliphatic rings. The maximum Gasteiger partial charge on any atom is 0.255 e. The van der Waals surface area contributed by atoms with Crippen molar-refractivity contribution in [3.8, 4) is 5.75 Å². The van der Waals surface area contributed by atoms with Crippen LogP contribution in [-0.2, 0) is 13.0 Å². The molecule has 1 amide bonds. The minimum atomic E-state index is -0.892. The van der Waals surface area contributed by atoms with Crippen LogP contribution in [0.3, 0.4) is 0 Å². The van der Waals surface area contributed by atoms with Crippen molar-refractivity contribution in [3.05, 3.63) is 41.3 Å². The number of nitrogens with zero attached hydrogens (tertiary/aromatic N) is 2. The van der Waals surface area contributed by atoms with E-state index in [9.17, 15) is 9.18 Å². The zero-order valence-corrected chi connectivity index (χ0v) is 11.8. The van der Waals surface area contributed by atoms with E-state index in [0.717, 1.165) is 6.07 Å². The summed E-state index contributed by atoms with van der Waals surface area (Å²) in [4.78, 5) is 15.4. The highest BCUT2D eigenvalue weighted by Crippen LogP contribution is 2.21. The van der Waals surface area contributed by atoms with E-state index in [0.29, 0.717) is 24.1 Å². The fourth-order valence-corrected chi connectivity index (χ4v) is 1.79. The standard InChI is InChI=1S/C14H16FN3O3/c1-8(2)6-12-17-11(18-21-12)7-20-10-5-3-4-9(15)13(10)14(16)19/h3-5,8H,6-7H2,1-2H3,(H2,16,19). The Kier molecular flexibility index (Phi) is 4.52. The Balaban J connectivity index is 2.08. The lowest BCUT2D eigenvalue weighted by atomic mass is 10.1. The van der Waals surface area contributed by atoms with Crippen LogP contribution in [0.5, 0.6) is 5.75 Å². The van der Waals surface area contributed by atoms with E-state index < -0.39 is 11.7 Å². The zero-order valence-electron chi connectivity index (χ0n) is 11.8. The van der Waals surface area contributed by atoms with Crippen molar-refractivity contribution in [2.75, 3.05) is 0 Å².